The van der Waals surface area contributed by atoms with Gasteiger partial charge in [-0.2, -0.15) is 0 Å². The van der Waals surface area contributed by atoms with E-state index in [2.05, 4.69) is 29.8 Å². The fourth-order valence-corrected chi connectivity index (χ4v) is 4.56. The first-order valence-electron chi connectivity index (χ1n) is 10.2. The summed E-state index contributed by atoms with van der Waals surface area (Å²) in [6.45, 7) is -0.382. The van der Waals surface area contributed by atoms with Gasteiger partial charge in [0.05, 0.1) is 11.6 Å². The minimum Gasteiger partial charge on any atom is -0.484 e. The molecule has 14 heteroatoms. The van der Waals surface area contributed by atoms with Gasteiger partial charge in [-0.25, -0.2) is 4.98 Å². The molecule has 1 aromatic carbocycles. The number of nitrogens with zero attached hydrogens (tertiary/aromatic N) is 1. The number of benzene rings is 1. The van der Waals surface area contributed by atoms with E-state index in [4.69, 9.17) is 4.74 Å². The van der Waals surface area contributed by atoms with Crippen LogP contribution in [0.2, 0.25) is 0 Å². The van der Waals surface area contributed by atoms with E-state index < -0.39 is 35.3 Å². The number of halogens is 5. The Balaban J connectivity index is 1.07. The molecule has 3 fully saturated rings. The van der Waals surface area contributed by atoms with Crippen molar-refractivity contribution in [2.24, 2.45) is 5.41 Å². The van der Waals surface area contributed by atoms with Crippen molar-refractivity contribution in [2.75, 3.05) is 11.9 Å². The molecule has 1 aromatic heterocycles. The van der Waals surface area contributed by atoms with Gasteiger partial charge in [0.1, 0.15) is 17.3 Å². The molecule has 4 aliphatic rings. The Morgan fingerprint density at radius 3 is 2.37 bits per heavy atom. The number of fused-ring (bicyclic) bond motifs is 1. The Morgan fingerprint density at radius 1 is 1.03 bits per heavy atom. The standard InChI is InChI=1S/C21H16F5N3O6/c22-20(23,24)33-12-2-4-15(27-6-12)28-17(31)18-8-19(9-18,10-18)29-16(30)7-32-11-1-3-13-14(5-11)35-21(25,26)34-13/h1-6H,7-10H2,(H,29,30)(H,27,28,31). The van der Waals surface area contributed by atoms with Crippen LogP contribution in [-0.4, -0.2) is 41.6 Å². The fraction of sp³-hybridized carbons (Fsp3) is 0.381. The minimum atomic E-state index is -4.84. The molecule has 3 saturated carbocycles. The molecule has 35 heavy (non-hydrogen) atoms. The number of pyridine rings is 1. The van der Waals surface area contributed by atoms with Crippen molar-refractivity contribution in [3.63, 3.8) is 0 Å². The van der Waals surface area contributed by atoms with Gasteiger partial charge in [-0.1, -0.05) is 0 Å². The summed E-state index contributed by atoms with van der Waals surface area (Å²) in [7, 11) is 0. The van der Waals surface area contributed by atoms with E-state index in [9.17, 15) is 31.5 Å². The van der Waals surface area contributed by atoms with Crippen molar-refractivity contribution in [2.45, 2.75) is 37.5 Å². The van der Waals surface area contributed by atoms with Crippen LogP contribution in [0.25, 0.3) is 0 Å². The maximum absolute atomic E-state index is 13.1. The summed E-state index contributed by atoms with van der Waals surface area (Å²) < 4.78 is 80.4. The first kappa shape index (κ1) is 22.9. The van der Waals surface area contributed by atoms with E-state index in [-0.39, 0.29) is 35.6 Å². The van der Waals surface area contributed by atoms with Crippen LogP contribution in [0.3, 0.4) is 0 Å². The Bertz CT molecular complexity index is 1170. The summed E-state index contributed by atoms with van der Waals surface area (Å²) in [5.74, 6) is -1.47. The average molecular weight is 501 g/mol. The zero-order valence-corrected chi connectivity index (χ0v) is 17.6. The van der Waals surface area contributed by atoms with Gasteiger partial charge in [-0.15, -0.1) is 22.0 Å². The number of aromatic nitrogens is 1. The van der Waals surface area contributed by atoms with Crippen molar-refractivity contribution < 1.29 is 50.5 Å². The van der Waals surface area contributed by atoms with Crippen LogP contribution in [0.15, 0.2) is 36.5 Å². The van der Waals surface area contributed by atoms with Gasteiger partial charge >= 0.3 is 12.7 Å². The molecule has 2 aromatic rings. The molecular formula is C21H16F5N3O6. The highest BCUT2D eigenvalue weighted by Gasteiger charge is 2.72. The van der Waals surface area contributed by atoms with Gasteiger partial charge in [-0.05, 0) is 43.5 Å². The lowest BCUT2D eigenvalue weighted by Gasteiger charge is -2.69. The number of hydrogen-bond donors (Lipinski definition) is 2. The first-order chi connectivity index (χ1) is 16.3. The largest absolute Gasteiger partial charge is 0.586 e. The number of nitrogens with one attached hydrogen (secondary N) is 2. The smallest absolute Gasteiger partial charge is 0.484 e. The molecule has 186 valence electrons. The van der Waals surface area contributed by atoms with Gasteiger partial charge in [-0.3, -0.25) is 9.59 Å². The summed E-state index contributed by atoms with van der Waals surface area (Å²) in [6, 6.07) is 5.99. The van der Waals surface area contributed by atoms with E-state index in [1.807, 2.05) is 0 Å². The van der Waals surface area contributed by atoms with Crippen molar-refractivity contribution in [3.05, 3.63) is 36.5 Å². The highest BCUT2D eigenvalue weighted by atomic mass is 19.4. The highest BCUT2D eigenvalue weighted by Crippen LogP contribution is 2.67. The van der Waals surface area contributed by atoms with Crippen LogP contribution in [0.4, 0.5) is 27.8 Å². The maximum atomic E-state index is 13.1. The molecule has 6 rings (SSSR count). The fourth-order valence-electron chi connectivity index (χ4n) is 4.56. The molecule has 0 atom stereocenters. The molecular weight excluding hydrogens is 485 g/mol. The number of rotatable bonds is 7. The van der Waals surface area contributed by atoms with Gasteiger partial charge < -0.3 is 29.6 Å². The molecule has 0 spiro atoms. The SMILES string of the molecule is O=C(COc1ccc2c(c1)OC(F)(F)O2)NC12CC(C(=O)Nc3ccc(OC(F)(F)F)cn3)(C1)C2. The van der Waals surface area contributed by atoms with Crippen molar-refractivity contribution >= 4 is 17.6 Å². The predicted octanol–water partition coefficient (Wildman–Crippen LogP) is 3.36. The average Bonchev–Trinajstić information content (AvgIpc) is 3.01. The van der Waals surface area contributed by atoms with Gasteiger partial charge in [0.2, 0.25) is 5.91 Å². The molecule has 2 amide bonds. The lowest BCUT2D eigenvalue weighted by molar-refractivity contribution is -0.286. The normalized spacial score (nSPS) is 25.1. The van der Waals surface area contributed by atoms with E-state index >= 15 is 0 Å². The third-order valence-corrected chi connectivity index (χ3v) is 5.87. The van der Waals surface area contributed by atoms with Crippen LogP contribution in [0, 0.1) is 5.41 Å². The zero-order valence-electron chi connectivity index (χ0n) is 17.6. The Kier molecular flexibility index (Phi) is 4.97. The zero-order chi connectivity index (χ0) is 25.1. The third kappa shape index (κ3) is 4.59. The summed E-state index contributed by atoms with van der Waals surface area (Å²) in [6.07, 6.45) is -6.61. The maximum Gasteiger partial charge on any atom is 0.586 e. The number of amides is 2. The van der Waals surface area contributed by atoms with Crippen LogP contribution in [0.5, 0.6) is 23.0 Å². The topological polar surface area (TPSA) is 108 Å². The molecule has 2 N–H and O–H groups in total. The Hall–Kier alpha value is -3.84. The number of hydrogen-bond acceptors (Lipinski definition) is 7. The van der Waals surface area contributed by atoms with Crippen LogP contribution >= 0.6 is 0 Å². The highest BCUT2D eigenvalue weighted by molar-refractivity contribution is 5.98. The second kappa shape index (κ2) is 7.58. The van der Waals surface area contributed by atoms with Gasteiger partial charge in [0.25, 0.3) is 5.91 Å². The van der Waals surface area contributed by atoms with Crippen LogP contribution < -0.4 is 29.6 Å². The number of anilines is 1. The summed E-state index contributed by atoms with van der Waals surface area (Å²) in [4.78, 5) is 28.6. The predicted molar refractivity (Wildman–Crippen MR) is 105 cm³/mol. The molecule has 3 aliphatic carbocycles. The summed E-state index contributed by atoms with van der Waals surface area (Å²) in [5, 5.41) is 5.36. The van der Waals surface area contributed by atoms with Crippen molar-refractivity contribution in [1.82, 2.24) is 10.3 Å². The quantitative estimate of drug-likeness (QED) is 0.561. The molecule has 2 heterocycles. The second-order valence-electron chi connectivity index (χ2n) is 8.58. The van der Waals surface area contributed by atoms with Crippen LogP contribution in [0.1, 0.15) is 19.3 Å². The van der Waals surface area contributed by atoms with E-state index in [0.717, 1.165) is 12.3 Å². The molecule has 0 radical (unpaired) electrons. The van der Waals surface area contributed by atoms with Crippen molar-refractivity contribution in [1.29, 1.82) is 0 Å². The number of carbonyl (C=O) groups is 2. The van der Waals surface area contributed by atoms with Gasteiger partial charge in [0.15, 0.2) is 18.1 Å². The minimum absolute atomic E-state index is 0.0715. The lowest BCUT2D eigenvalue weighted by Crippen LogP contribution is -2.78. The molecule has 2 bridgehead atoms. The summed E-state index contributed by atoms with van der Waals surface area (Å²) in [5.41, 5.74) is -1.24. The third-order valence-electron chi connectivity index (χ3n) is 5.87. The Morgan fingerprint density at radius 2 is 1.71 bits per heavy atom. The number of ether oxygens (including phenoxy) is 4. The lowest BCUT2D eigenvalue weighted by atomic mass is 9.39. The number of alkyl halides is 5. The van der Waals surface area contributed by atoms with Gasteiger partial charge in [0, 0.05) is 11.6 Å². The molecule has 9 nitrogen and oxygen atoms in total. The van der Waals surface area contributed by atoms with E-state index in [0.29, 0.717) is 19.3 Å². The molecule has 0 unspecified atom stereocenters. The van der Waals surface area contributed by atoms with Crippen molar-refractivity contribution in [3.8, 4) is 23.0 Å². The second-order valence-corrected chi connectivity index (χ2v) is 8.58. The van der Waals surface area contributed by atoms with Crippen LogP contribution in [-0.2, 0) is 9.59 Å². The Labute approximate surface area is 193 Å². The van der Waals surface area contributed by atoms with E-state index in [1.165, 1.54) is 24.3 Å². The van der Waals surface area contributed by atoms with E-state index in [1.54, 1.807) is 0 Å². The monoisotopic (exact) mass is 501 g/mol. The first-order valence-corrected chi connectivity index (χ1v) is 10.2. The number of carbonyl (C=O) groups excluding carboxylic acids is 2. The molecule has 1 aliphatic heterocycles. The molecule has 0 saturated heterocycles. The summed E-state index contributed by atoms with van der Waals surface area (Å²) >= 11 is 0.